The van der Waals surface area contributed by atoms with Gasteiger partial charge in [-0.1, -0.05) is 25.1 Å². The first-order valence-electron chi connectivity index (χ1n) is 9.81. The first-order valence-corrected chi connectivity index (χ1v) is 9.81. The molecule has 2 heterocycles. The number of carbonyl (C=O) groups excluding carboxylic acids is 2. The Hall–Kier alpha value is -2.63. The molecule has 1 saturated heterocycles. The normalized spacial score (nSPS) is 20.7. The molecule has 2 fully saturated rings. The number of anilines is 2. The molecule has 4 rings (SSSR count). The number of amides is 2. The van der Waals surface area contributed by atoms with Gasteiger partial charge in [-0.25, -0.2) is 4.68 Å². The number of aryl methyl sites for hydroxylation is 1. The average Bonchev–Trinajstić information content (AvgIpc) is 3.31. The lowest BCUT2D eigenvalue weighted by Gasteiger charge is -2.20. The number of para-hydroxylation sites is 1. The summed E-state index contributed by atoms with van der Waals surface area (Å²) in [6.45, 7) is 4.64. The van der Waals surface area contributed by atoms with Crippen LogP contribution >= 0.6 is 0 Å². The fraction of sp³-hybridized carbons (Fsp3) is 0.476. The highest BCUT2D eigenvalue weighted by atomic mass is 16.2. The number of hydrogen-bond donors (Lipinski definition) is 1. The number of nitrogens with one attached hydrogen (secondary N) is 1. The highest BCUT2D eigenvalue weighted by Gasteiger charge is 2.36. The summed E-state index contributed by atoms with van der Waals surface area (Å²) in [7, 11) is 0. The van der Waals surface area contributed by atoms with Crippen molar-refractivity contribution in [2.24, 2.45) is 11.8 Å². The lowest BCUT2D eigenvalue weighted by atomic mass is 10.1. The largest absolute Gasteiger partial charge is 0.311 e. The number of nitrogens with zero attached hydrogens (tertiary/aromatic N) is 3. The van der Waals surface area contributed by atoms with E-state index >= 15 is 0 Å². The molecule has 2 aliphatic rings. The molecule has 2 unspecified atom stereocenters. The van der Waals surface area contributed by atoms with Crippen molar-refractivity contribution in [1.82, 2.24) is 9.78 Å². The second-order valence-corrected chi connectivity index (χ2v) is 7.62. The smallest absolute Gasteiger partial charge is 0.230 e. The topological polar surface area (TPSA) is 67.2 Å². The third-order valence-corrected chi connectivity index (χ3v) is 5.77. The van der Waals surface area contributed by atoms with Crippen LogP contribution in [0.3, 0.4) is 0 Å². The maximum atomic E-state index is 12.8. The minimum Gasteiger partial charge on any atom is -0.311 e. The van der Waals surface area contributed by atoms with E-state index in [1.54, 1.807) is 11.1 Å². The summed E-state index contributed by atoms with van der Waals surface area (Å²) in [6.07, 6.45) is 5.26. The maximum absolute atomic E-state index is 12.8. The SMILES string of the molecule is CCc1ccccc1N1CC(C(=O)Nc2ccnn2C(C)C2CC2)CC1=O. The first kappa shape index (κ1) is 17.8. The second kappa shape index (κ2) is 7.18. The van der Waals surface area contributed by atoms with Crippen LogP contribution in [0.25, 0.3) is 0 Å². The van der Waals surface area contributed by atoms with E-state index in [2.05, 4.69) is 24.3 Å². The van der Waals surface area contributed by atoms with Crippen LogP contribution in [0.5, 0.6) is 0 Å². The molecule has 1 aromatic carbocycles. The van der Waals surface area contributed by atoms with Gasteiger partial charge in [-0.2, -0.15) is 5.10 Å². The molecule has 1 aromatic heterocycles. The molecule has 6 heteroatoms. The van der Waals surface area contributed by atoms with Gasteiger partial charge in [-0.3, -0.25) is 9.59 Å². The Labute approximate surface area is 159 Å². The molecule has 6 nitrogen and oxygen atoms in total. The zero-order valence-corrected chi connectivity index (χ0v) is 15.9. The van der Waals surface area contributed by atoms with E-state index in [1.165, 1.54) is 12.8 Å². The quantitative estimate of drug-likeness (QED) is 0.852. The summed E-state index contributed by atoms with van der Waals surface area (Å²) in [4.78, 5) is 27.1. The second-order valence-electron chi connectivity index (χ2n) is 7.62. The van der Waals surface area contributed by atoms with Gasteiger partial charge < -0.3 is 10.2 Å². The van der Waals surface area contributed by atoms with Gasteiger partial charge in [0.1, 0.15) is 5.82 Å². The van der Waals surface area contributed by atoms with Crippen LogP contribution in [0.15, 0.2) is 36.5 Å². The van der Waals surface area contributed by atoms with Crippen molar-refractivity contribution in [2.45, 2.75) is 45.6 Å². The van der Waals surface area contributed by atoms with Crippen molar-refractivity contribution < 1.29 is 9.59 Å². The number of carbonyl (C=O) groups is 2. The summed E-state index contributed by atoms with van der Waals surface area (Å²) in [5, 5.41) is 7.38. The molecule has 2 amide bonds. The van der Waals surface area contributed by atoms with Gasteiger partial charge in [-0.15, -0.1) is 0 Å². The molecule has 1 saturated carbocycles. The fourth-order valence-corrected chi connectivity index (χ4v) is 3.93. The van der Waals surface area contributed by atoms with E-state index in [0.29, 0.717) is 12.5 Å². The van der Waals surface area contributed by atoms with Crippen molar-refractivity contribution in [3.05, 3.63) is 42.1 Å². The first-order chi connectivity index (χ1) is 13.1. The Morgan fingerprint density at radius 1 is 1.30 bits per heavy atom. The number of benzene rings is 1. The molecule has 0 radical (unpaired) electrons. The molecule has 27 heavy (non-hydrogen) atoms. The maximum Gasteiger partial charge on any atom is 0.230 e. The Bertz CT molecular complexity index is 855. The average molecular weight is 366 g/mol. The highest BCUT2D eigenvalue weighted by molar-refractivity contribution is 6.03. The van der Waals surface area contributed by atoms with Crippen LogP contribution in [0.2, 0.25) is 0 Å². The van der Waals surface area contributed by atoms with E-state index in [4.69, 9.17) is 0 Å². The van der Waals surface area contributed by atoms with Crippen LogP contribution in [0.4, 0.5) is 11.5 Å². The van der Waals surface area contributed by atoms with Gasteiger partial charge in [0, 0.05) is 24.7 Å². The van der Waals surface area contributed by atoms with E-state index in [0.717, 1.165) is 23.5 Å². The predicted octanol–water partition coefficient (Wildman–Crippen LogP) is 3.41. The molecular weight excluding hydrogens is 340 g/mol. The van der Waals surface area contributed by atoms with Crippen LogP contribution < -0.4 is 10.2 Å². The Morgan fingerprint density at radius 2 is 2.07 bits per heavy atom. The zero-order valence-electron chi connectivity index (χ0n) is 15.9. The molecule has 1 aliphatic carbocycles. The summed E-state index contributed by atoms with van der Waals surface area (Å²) >= 11 is 0. The van der Waals surface area contributed by atoms with Crippen LogP contribution in [0, 0.1) is 11.8 Å². The number of hydrogen-bond acceptors (Lipinski definition) is 3. The van der Waals surface area contributed by atoms with Gasteiger partial charge in [0.2, 0.25) is 11.8 Å². The van der Waals surface area contributed by atoms with Gasteiger partial charge in [0.05, 0.1) is 18.2 Å². The van der Waals surface area contributed by atoms with Crippen molar-refractivity contribution >= 4 is 23.3 Å². The Morgan fingerprint density at radius 3 is 2.81 bits per heavy atom. The molecular formula is C21H26N4O2. The van der Waals surface area contributed by atoms with Crippen molar-refractivity contribution in [3.8, 4) is 0 Å². The highest BCUT2D eigenvalue weighted by Crippen LogP contribution is 2.40. The van der Waals surface area contributed by atoms with Crippen LogP contribution in [-0.4, -0.2) is 28.1 Å². The molecule has 142 valence electrons. The molecule has 0 spiro atoms. The Kier molecular flexibility index (Phi) is 4.72. The summed E-state index contributed by atoms with van der Waals surface area (Å²) < 4.78 is 1.90. The molecule has 1 aliphatic heterocycles. The van der Waals surface area contributed by atoms with Crippen LogP contribution in [-0.2, 0) is 16.0 Å². The zero-order chi connectivity index (χ0) is 19.0. The Balaban J connectivity index is 1.46. The van der Waals surface area contributed by atoms with Gasteiger partial charge in [0.15, 0.2) is 0 Å². The monoisotopic (exact) mass is 366 g/mol. The number of rotatable bonds is 6. The van der Waals surface area contributed by atoms with E-state index < -0.39 is 0 Å². The van der Waals surface area contributed by atoms with Crippen molar-refractivity contribution in [2.75, 3.05) is 16.8 Å². The predicted molar refractivity (Wildman–Crippen MR) is 105 cm³/mol. The lowest BCUT2D eigenvalue weighted by Crippen LogP contribution is -2.29. The lowest BCUT2D eigenvalue weighted by molar-refractivity contribution is -0.122. The third kappa shape index (κ3) is 3.48. The molecule has 2 atom stereocenters. The van der Waals surface area contributed by atoms with Gasteiger partial charge in [-0.05, 0) is 43.7 Å². The van der Waals surface area contributed by atoms with Gasteiger partial charge in [0.25, 0.3) is 0 Å². The molecule has 0 bridgehead atoms. The minimum atomic E-state index is -0.345. The van der Waals surface area contributed by atoms with E-state index in [9.17, 15) is 9.59 Å². The van der Waals surface area contributed by atoms with E-state index in [-0.39, 0.29) is 30.2 Å². The fourth-order valence-electron chi connectivity index (χ4n) is 3.93. The number of aromatic nitrogens is 2. The summed E-state index contributed by atoms with van der Waals surface area (Å²) in [6, 6.07) is 10.0. The van der Waals surface area contributed by atoms with Crippen molar-refractivity contribution in [1.29, 1.82) is 0 Å². The molecule has 1 N–H and O–H groups in total. The standard InChI is InChI=1S/C21H26N4O2/c1-3-15-6-4-5-7-18(15)24-13-17(12-20(24)26)21(27)23-19-10-11-22-25(19)14(2)16-8-9-16/h4-7,10-11,14,16-17H,3,8-9,12-13H2,1-2H3,(H,23,27). The van der Waals surface area contributed by atoms with E-state index in [1.807, 2.05) is 35.0 Å². The molecule has 2 aromatic rings. The third-order valence-electron chi connectivity index (χ3n) is 5.77. The van der Waals surface area contributed by atoms with Crippen LogP contribution in [0.1, 0.15) is 44.7 Å². The summed E-state index contributed by atoms with van der Waals surface area (Å²) in [5.74, 6) is 0.927. The summed E-state index contributed by atoms with van der Waals surface area (Å²) in [5.41, 5.74) is 2.05. The minimum absolute atomic E-state index is 0.0101. The van der Waals surface area contributed by atoms with Gasteiger partial charge >= 0.3 is 0 Å². The van der Waals surface area contributed by atoms with Crippen molar-refractivity contribution in [3.63, 3.8) is 0 Å².